The van der Waals surface area contributed by atoms with E-state index >= 15 is 0 Å². The number of nitrogens with zero attached hydrogens (tertiary/aromatic N) is 8. The van der Waals surface area contributed by atoms with Gasteiger partial charge >= 0.3 is 0 Å². The van der Waals surface area contributed by atoms with Crippen molar-refractivity contribution in [3.05, 3.63) is 387 Å². The molecule has 0 bridgehead atoms. The molecule has 16 nitrogen and oxygen atoms in total. The van der Waals surface area contributed by atoms with Crippen molar-refractivity contribution in [1.29, 1.82) is 0 Å². The van der Waals surface area contributed by atoms with Crippen molar-refractivity contribution in [2.45, 2.75) is 212 Å². The zero-order chi connectivity index (χ0) is 101. The summed E-state index contributed by atoms with van der Waals surface area (Å²) in [5, 5.41) is 72.9. The molecule has 8 N–H and O–H groups in total. The first-order valence-electron chi connectivity index (χ1n) is 48.3. The molecule has 0 amide bonds. The van der Waals surface area contributed by atoms with Crippen molar-refractivity contribution in [1.82, 2.24) is 39.9 Å². The van der Waals surface area contributed by atoms with Crippen LogP contribution in [0.4, 0.5) is 0 Å². The maximum absolute atomic E-state index is 9.76. The zero-order valence-corrected chi connectivity index (χ0v) is 95.4. The van der Waals surface area contributed by atoms with Gasteiger partial charge in [-0.15, -0.1) is 143 Å². The summed E-state index contributed by atoms with van der Waals surface area (Å²) in [4.78, 5) is 38.8. The molecule has 12 aromatic carbocycles. The van der Waals surface area contributed by atoms with Gasteiger partial charge < -0.3 is 60.8 Å². The standard InChI is InChI=1S/2C24H19N2.2C22H15N2.2C11H24O2.2C5H12O2.4Ir/c1-17-10-9-11-18(2)22(17)21-16-25-23(19-12-5-3-6-13-19)24(26-21)20-14-7-4-8-15-20;1-17-8-6-12-20(14-17)23-24(21-13-7-9-18(2)15-21)26-22(16-25-23)19-10-4-3-5-11-19;2*1-4-10-17(11-5-1)20-16-23-21(18-12-6-2-7-13-18)22(24-20)19-14-8-3-9-15-19;1-10(2,3)8(12)7-9(13)11(4,5)6;1-8(2)5-10(12)7-11(13)6-9(3)4;2*1-4(6)3-5(2)7;;;;/h3-12,14-16H,1-2H3;3-11,13-16H,1-2H3;2*1-12,14-16H;8-9,12-13H,7H2,1-6H3;8-13H,5-7H2,1-4H3;2*4-7H,3H2,1-2H3;;;;/q4*-1;;;;;;;;. The van der Waals surface area contributed by atoms with Crippen LogP contribution >= 0.6 is 0 Å². The van der Waals surface area contributed by atoms with Crippen molar-refractivity contribution >= 4 is 0 Å². The Morgan fingerprint density at radius 2 is 0.507 bits per heavy atom. The Balaban J connectivity index is 0.000000299. The first-order chi connectivity index (χ1) is 67.0. The van der Waals surface area contributed by atoms with Crippen LogP contribution in [0.1, 0.15) is 158 Å². The molecule has 0 saturated heterocycles. The van der Waals surface area contributed by atoms with Gasteiger partial charge in [-0.05, 0) is 137 Å². The molecule has 0 aliphatic carbocycles. The van der Waals surface area contributed by atoms with E-state index in [2.05, 4.69) is 177 Å². The van der Waals surface area contributed by atoms with Gasteiger partial charge in [-0.3, -0.25) is 19.9 Å². The number of hydrogen-bond acceptors (Lipinski definition) is 16. The first kappa shape index (κ1) is 124. The van der Waals surface area contributed by atoms with Crippen LogP contribution in [0.15, 0.2) is 340 Å². The SMILES string of the molecule is CC(C)(C)C(O)CC(O)C(C)(C)C.CC(C)CC(O)CC(O)CC(C)C.CC(O)CC(C)O.CC(O)CC(C)O.Cc1cc[c-]c(-c2ncc(-c3ccccc3)nc2-c2cccc(C)c2)c1.Cc1cccc(C)c1-c1cnc(-c2[c-]cccc2)c(-c2ccccc2)n1.[Ir].[Ir].[Ir].[Ir].[c-]1ccccc1-c1ncc(-c2ccccc2)nc1-c1ccccc1.[c-]1ccccc1-c1ncc(-c2ccccc2)nc1-c1ccccc1. The van der Waals surface area contributed by atoms with E-state index in [1.807, 2.05) is 285 Å². The topological polar surface area (TPSA) is 265 Å². The number of aromatic nitrogens is 8. The van der Waals surface area contributed by atoms with E-state index in [0.717, 1.165) is 148 Å². The number of rotatable bonds is 24. The fourth-order valence-electron chi connectivity index (χ4n) is 15.2. The summed E-state index contributed by atoms with van der Waals surface area (Å²) in [7, 11) is 0. The summed E-state index contributed by atoms with van der Waals surface area (Å²) < 4.78 is 0. The average molecular weight is 2640 g/mol. The second kappa shape index (κ2) is 63.6. The summed E-state index contributed by atoms with van der Waals surface area (Å²) in [6, 6.07) is 118. The Kier molecular flexibility index (Phi) is 54.6. The van der Waals surface area contributed by atoms with Crippen molar-refractivity contribution in [2.24, 2.45) is 22.7 Å². The molecule has 4 radical (unpaired) electrons. The third-order valence-electron chi connectivity index (χ3n) is 22.4. The van der Waals surface area contributed by atoms with Crippen molar-refractivity contribution < 1.29 is 121 Å². The molecule has 4 aromatic heterocycles. The summed E-state index contributed by atoms with van der Waals surface area (Å²) in [6.45, 7) is 35.2. The molecule has 8 unspecified atom stereocenters. The van der Waals surface area contributed by atoms with Gasteiger partial charge in [0.05, 0.1) is 94.4 Å². The zero-order valence-electron chi connectivity index (χ0n) is 85.8. The molecule has 0 fully saturated rings. The van der Waals surface area contributed by atoms with Crippen molar-refractivity contribution in [2.75, 3.05) is 0 Å². The number of aliphatic hydroxyl groups excluding tert-OH is 8. The van der Waals surface area contributed by atoms with E-state index in [-0.39, 0.29) is 128 Å². The Bertz CT molecular complexity index is 6060. The van der Waals surface area contributed by atoms with Crippen LogP contribution in [0.2, 0.25) is 0 Å². The number of aryl methyl sites for hydroxylation is 4. The van der Waals surface area contributed by atoms with Crippen LogP contribution in [0.5, 0.6) is 0 Å². The van der Waals surface area contributed by atoms with E-state index in [9.17, 15) is 20.4 Å². The minimum atomic E-state index is -0.443. The van der Waals surface area contributed by atoms with Gasteiger partial charge in [0.2, 0.25) is 0 Å². The van der Waals surface area contributed by atoms with E-state index in [1.54, 1.807) is 27.7 Å². The third kappa shape index (κ3) is 41.6. The van der Waals surface area contributed by atoms with Gasteiger partial charge in [0.15, 0.2) is 0 Å². The minimum absolute atomic E-state index is 0. The molecule has 0 spiro atoms. The maximum atomic E-state index is 9.76. The third-order valence-corrected chi connectivity index (χ3v) is 22.4. The van der Waals surface area contributed by atoms with Crippen LogP contribution < -0.4 is 0 Å². The van der Waals surface area contributed by atoms with Gasteiger partial charge in [0.1, 0.15) is 0 Å². The predicted molar refractivity (Wildman–Crippen MR) is 575 cm³/mol. The monoisotopic (exact) mass is 2640 g/mol. The average Bonchev–Trinajstić information content (AvgIpc) is 0.891. The van der Waals surface area contributed by atoms with Gasteiger partial charge in [-0.2, -0.15) is 0 Å². The fraction of sp³-hybridized carbons (Fsp3) is 0.290. The fourth-order valence-corrected chi connectivity index (χ4v) is 15.2. The van der Waals surface area contributed by atoms with E-state index < -0.39 is 12.2 Å². The van der Waals surface area contributed by atoms with E-state index in [1.165, 1.54) is 22.3 Å². The molecule has 16 aromatic rings. The normalized spacial score (nSPS) is 12.4. The molecule has 8 atom stereocenters. The van der Waals surface area contributed by atoms with E-state index in [4.69, 9.17) is 60.3 Å². The van der Waals surface area contributed by atoms with Crippen molar-refractivity contribution in [3.8, 4) is 135 Å². The van der Waals surface area contributed by atoms with Crippen LogP contribution in [0.3, 0.4) is 0 Å². The minimum Gasteiger partial charge on any atom is -0.393 e. The van der Waals surface area contributed by atoms with Gasteiger partial charge in [-0.1, -0.05) is 306 Å². The molecular weight excluding hydrogens is 2500 g/mol. The predicted octanol–water partition coefficient (Wildman–Crippen LogP) is 27.0. The Hall–Kier alpha value is -10.8. The summed E-state index contributed by atoms with van der Waals surface area (Å²) in [5.41, 5.74) is 27.3. The van der Waals surface area contributed by atoms with Gasteiger partial charge in [0.25, 0.3) is 0 Å². The molecule has 0 aliphatic rings. The second-order valence-corrected chi connectivity index (χ2v) is 38.4. The Labute approximate surface area is 909 Å². The van der Waals surface area contributed by atoms with Crippen LogP contribution in [-0.2, 0) is 80.4 Å². The largest absolute Gasteiger partial charge is 0.393 e. The van der Waals surface area contributed by atoms with Crippen LogP contribution in [-0.4, -0.2) is 130 Å². The molecule has 764 valence electrons. The molecule has 144 heavy (non-hydrogen) atoms. The smallest absolute Gasteiger partial charge is 0.0878 e. The Morgan fingerprint density at radius 3 is 0.785 bits per heavy atom. The van der Waals surface area contributed by atoms with Gasteiger partial charge in [-0.25, -0.2) is 0 Å². The molecular formula is C124H140Ir4N8O8-4. The molecule has 20 heteroatoms. The van der Waals surface area contributed by atoms with Gasteiger partial charge in [0, 0.05) is 157 Å². The molecule has 4 heterocycles. The molecule has 0 aliphatic heterocycles. The molecule has 0 saturated carbocycles. The molecule has 16 rings (SSSR count). The number of benzene rings is 12. The maximum Gasteiger partial charge on any atom is 0.0878 e. The number of aliphatic hydroxyl groups is 8. The Morgan fingerprint density at radius 1 is 0.243 bits per heavy atom. The van der Waals surface area contributed by atoms with E-state index in [0.29, 0.717) is 37.5 Å². The van der Waals surface area contributed by atoms with Crippen LogP contribution in [0.25, 0.3) is 135 Å². The number of hydrogen-bond donors (Lipinski definition) is 8. The summed E-state index contributed by atoms with van der Waals surface area (Å²) in [5.74, 6) is 1.00. The first-order valence-corrected chi connectivity index (χ1v) is 48.3. The second-order valence-electron chi connectivity index (χ2n) is 38.4. The van der Waals surface area contributed by atoms with Crippen molar-refractivity contribution in [3.63, 3.8) is 0 Å². The van der Waals surface area contributed by atoms with Crippen LogP contribution in [0, 0.1) is 74.6 Å². The quantitative estimate of drug-likeness (QED) is 0.0261. The summed E-state index contributed by atoms with van der Waals surface area (Å²) in [6.07, 6.45) is 7.81. The summed E-state index contributed by atoms with van der Waals surface area (Å²) >= 11 is 0.